The number of amides is 4. The molecule has 4 amide bonds. The summed E-state index contributed by atoms with van der Waals surface area (Å²) in [6.45, 7) is 5.74. The van der Waals surface area contributed by atoms with Gasteiger partial charge in [-0.2, -0.15) is 0 Å². The van der Waals surface area contributed by atoms with E-state index in [1.165, 1.54) is 12.1 Å². The van der Waals surface area contributed by atoms with E-state index in [4.69, 9.17) is 16.3 Å². The summed E-state index contributed by atoms with van der Waals surface area (Å²) < 4.78 is 6.13. The highest BCUT2D eigenvalue weighted by molar-refractivity contribution is 9.10. The SMILES string of the molecule is C=CCOc1ccc(/C=C2/C(=O)NC(=O)N(c3ccc(C)c(Cl)c3)C2=O)cc1Br. The molecule has 0 atom stereocenters. The molecule has 0 radical (unpaired) electrons. The molecule has 0 bridgehead atoms. The van der Waals surface area contributed by atoms with E-state index in [1.54, 1.807) is 43.3 Å². The molecule has 1 heterocycles. The first kappa shape index (κ1) is 20.8. The van der Waals surface area contributed by atoms with Crippen molar-refractivity contribution in [1.82, 2.24) is 5.32 Å². The maximum atomic E-state index is 12.9. The summed E-state index contributed by atoms with van der Waals surface area (Å²) in [7, 11) is 0. The largest absolute Gasteiger partial charge is 0.488 e. The van der Waals surface area contributed by atoms with Crippen LogP contribution >= 0.6 is 27.5 Å². The monoisotopic (exact) mass is 474 g/mol. The number of halogens is 2. The van der Waals surface area contributed by atoms with E-state index in [9.17, 15) is 14.4 Å². The van der Waals surface area contributed by atoms with Crippen LogP contribution in [-0.4, -0.2) is 24.5 Å². The number of urea groups is 1. The molecule has 1 fully saturated rings. The van der Waals surface area contributed by atoms with Crippen molar-refractivity contribution in [1.29, 1.82) is 0 Å². The number of carbonyl (C=O) groups is 3. The summed E-state index contributed by atoms with van der Waals surface area (Å²) in [5.41, 5.74) is 1.48. The Morgan fingerprint density at radius 1 is 1.21 bits per heavy atom. The van der Waals surface area contributed by atoms with Gasteiger partial charge in [0.1, 0.15) is 17.9 Å². The second-order valence-corrected chi connectivity index (χ2v) is 7.44. The first-order valence-electron chi connectivity index (χ1n) is 8.52. The minimum atomic E-state index is -0.827. The van der Waals surface area contributed by atoms with Crippen molar-refractivity contribution in [2.45, 2.75) is 6.92 Å². The van der Waals surface area contributed by atoms with Crippen LogP contribution in [0, 0.1) is 6.92 Å². The molecule has 1 aliphatic rings. The summed E-state index contributed by atoms with van der Waals surface area (Å²) >= 11 is 9.51. The Morgan fingerprint density at radius 3 is 2.62 bits per heavy atom. The van der Waals surface area contributed by atoms with Gasteiger partial charge in [0.05, 0.1) is 10.2 Å². The van der Waals surface area contributed by atoms with Gasteiger partial charge in [-0.1, -0.05) is 36.4 Å². The Labute approximate surface area is 180 Å². The fourth-order valence-electron chi connectivity index (χ4n) is 2.65. The molecule has 6 nitrogen and oxygen atoms in total. The lowest BCUT2D eigenvalue weighted by atomic mass is 10.1. The second-order valence-electron chi connectivity index (χ2n) is 6.18. The van der Waals surface area contributed by atoms with Crippen molar-refractivity contribution >= 4 is 57.1 Å². The summed E-state index contributed by atoms with van der Waals surface area (Å²) in [6, 6.07) is 9.06. The minimum Gasteiger partial charge on any atom is -0.488 e. The van der Waals surface area contributed by atoms with Crippen LogP contribution in [-0.2, 0) is 9.59 Å². The van der Waals surface area contributed by atoms with Crippen LogP contribution in [0.25, 0.3) is 6.08 Å². The number of aryl methyl sites for hydroxylation is 1. The Morgan fingerprint density at radius 2 is 1.97 bits per heavy atom. The van der Waals surface area contributed by atoms with Gasteiger partial charge in [0.2, 0.25) is 0 Å². The van der Waals surface area contributed by atoms with E-state index in [0.717, 1.165) is 10.5 Å². The first-order valence-corrected chi connectivity index (χ1v) is 9.69. The Hall–Kier alpha value is -2.90. The number of hydrogen-bond acceptors (Lipinski definition) is 4. The van der Waals surface area contributed by atoms with E-state index < -0.39 is 17.8 Å². The number of rotatable bonds is 5. The van der Waals surface area contributed by atoms with Gasteiger partial charge in [0.15, 0.2) is 0 Å². The highest BCUT2D eigenvalue weighted by Gasteiger charge is 2.37. The number of ether oxygens (including phenoxy) is 1. The number of benzene rings is 2. The molecular formula is C21H16BrClN2O4. The number of hydrogen-bond donors (Lipinski definition) is 1. The number of barbiturate groups is 1. The molecule has 0 aliphatic carbocycles. The molecule has 1 N–H and O–H groups in total. The molecule has 0 aromatic heterocycles. The van der Waals surface area contributed by atoms with Crippen molar-refractivity contribution in [3.63, 3.8) is 0 Å². The summed E-state index contributed by atoms with van der Waals surface area (Å²) in [5.74, 6) is -0.906. The smallest absolute Gasteiger partial charge is 0.335 e. The highest BCUT2D eigenvalue weighted by atomic mass is 79.9. The van der Waals surface area contributed by atoms with E-state index in [-0.39, 0.29) is 11.3 Å². The van der Waals surface area contributed by atoms with Gasteiger partial charge in [-0.3, -0.25) is 14.9 Å². The fourth-order valence-corrected chi connectivity index (χ4v) is 3.34. The van der Waals surface area contributed by atoms with Gasteiger partial charge in [-0.25, -0.2) is 9.69 Å². The molecule has 8 heteroatoms. The zero-order valence-electron chi connectivity index (χ0n) is 15.4. The van der Waals surface area contributed by atoms with Gasteiger partial charge in [-0.05, 0) is 64.3 Å². The number of nitrogens with zero attached hydrogens (tertiary/aromatic N) is 1. The molecule has 0 saturated carbocycles. The number of nitrogens with one attached hydrogen (secondary N) is 1. The molecule has 2 aromatic carbocycles. The maximum absolute atomic E-state index is 12.9. The maximum Gasteiger partial charge on any atom is 0.335 e. The normalized spacial score (nSPS) is 15.5. The molecule has 2 aromatic rings. The lowest BCUT2D eigenvalue weighted by Gasteiger charge is -2.26. The Bertz CT molecular complexity index is 1060. The average Bonchev–Trinajstić information content (AvgIpc) is 2.67. The van der Waals surface area contributed by atoms with Crippen LogP contribution < -0.4 is 15.0 Å². The molecule has 148 valence electrons. The van der Waals surface area contributed by atoms with Crippen LogP contribution in [0.3, 0.4) is 0 Å². The molecule has 3 rings (SSSR count). The first-order chi connectivity index (χ1) is 13.8. The van der Waals surface area contributed by atoms with Crippen molar-refractivity contribution in [3.05, 3.63) is 75.2 Å². The summed E-state index contributed by atoms with van der Waals surface area (Å²) in [6.07, 6.45) is 3.03. The zero-order chi connectivity index (χ0) is 21.1. The lowest BCUT2D eigenvalue weighted by molar-refractivity contribution is -0.122. The van der Waals surface area contributed by atoms with Crippen molar-refractivity contribution < 1.29 is 19.1 Å². The topological polar surface area (TPSA) is 75.7 Å². The molecule has 0 unspecified atom stereocenters. The summed E-state index contributed by atoms with van der Waals surface area (Å²) in [5, 5.41) is 2.59. The zero-order valence-corrected chi connectivity index (χ0v) is 17.7. The Balaban J connectivity index is 1.96. The average molecular weight is 476 g/mol. The second kappa shape index (κ2) is 8.63. The third kappa shape index (κ3) is 4.41. The molecule has 0 spiro atoms. The van der Waals surface area contributed by atoms with Crippen molar-refractivity contribution in [2.24, 2.45) is 0 Å². The molecule has 1 saturated heterocycles. The van der Waals surface area contributed by atoms with Gasteiger partial charge < -0.3 is 4.74 Å². The predicted octanol–water partition coefficient (Wildman–Crippen LogP) is 4.64. The third-order valence-electron chi connectivity index (χ3n) is 4.14. The van der Waals surface area contributed by atoms with Crippen LogP contribution in [0.5, 0.6) is 5.75 Å². The van der Waals surface area contributed by atoms with Crippen LogP contribution in [0.15, 0.2) is 59.1 Å². The minimum absolute atomic E-state index is 0.173. The molecular weight excluding hydrogens is 460 g/mol. The van der Waals surface area contributed by atoms with E-state index in [0.29, 0.717) is 27.4 Å². The summed E-state index contributed by atoms with van der Waals surface area (Å²) in [4.78, 5) is 38.4. The van der Waals surface area contributed by atoms with Crippen LogP contribution in [0.1, 0.15) is 11.1 Å². The molecule has 29 heavy (non-hydrogen) atoms. The van der Waals surface area contributed by atoms with E-state index in [1.807, 2.05) is 0 Å². The fraction of sp³-hybridized carbons (Fsp3) is 0.0952. The number of carbonyl (C=O) groups excluding carboxylic acids is 3. The highest BCUT2D eigenvalue weighted by Crippen LogP contribution is 2.29. The number of anilines is 1. The van der Waals surface area contributed by atoms with Gasteiger partial charge in [-0.15, -0.1) is 0 Å². The van der Waals surface area contributed by atoms with Crippen molar-refractivity contribution in [3.8, 4) is 5.75 Å². The predicted molar refractivity (Wildman–Crippen MR) is 115 cm³/mol. The van der Waals surface area contributed by atoms with E-state index in [2.05, 4.69) is 27.8 Å². The third-order valence-corrected chi connectivity index (χ3v) is 5.17. The Kier molecular flexibility index (Phi) is 6.20. The van der Waals surface area contributed by atoms with Gasteiger partial charge in [0.25, 0.3) is 11.8 Å². The van der Waals surface area contributed by atoms with Crippen molar-refractivity contribution in [2.75, 3.05) is 11.5 Å². The standard InChI is InChI=1S/C21H16BrClN2O4/c1-3-8-29-18-7-5-13(10-16(18)22)9-15-19(26)24-21(28)25(20(15)27)14-6-4-12(2)17(23)11-14/h3-7,9-11H,1,8H2,2H3,(H,24,26,28)/b15-9-. The lowest BCUT2D eigenvalue weighted by Crippen LogP contribution is -2.54. The van der Waals surface area contributed by atoms with E-state index >= 15 is 0 Å². The number of imide groups is 2. The van der Waals surface area contributed by atoms with Gasteiger partial charge >= 0.3 is 6.03 Å². The van der Waals surface area contributed by atoms with Crippen LogP contribution in [0.4, 0.5) is 10.5 Å². The quantitative estimate of drug-likeness (QED) is 0.388. The van der Waals surface area contributed by atoms with Gasteiger partial charge in [0, 0.05) is 5.02 Å². The molecule has 1 aliphatic heterocycles. The van der Waals surface area contributed by atoms with Crippen LogP contribution in [0.2, 0.25) is 5.02 Å².